The molecule has 6 heteroatoms. The van der Waals surface area contributed by atoms with E-state index in [0.29, 0.717) is 4.91 Å². The van der Waals surface area contributed by atoms with Gasteiger partial charge < -0.3 is 0 Å². The molecule has 1 aliphatic rings. The van der Waals surface area contributed by atoms with E-state index in [0.717, 1.165) is 22.2 Å². The predicted molar refractivity (Wildman–Crippen MR) is 67.6 cm³/mol. The molecule has 2 rings (SSSR count). The van der Waals surface area contributed by atoms with Crippen molar-refractivity contribution in [1.82, 2.24) is 9.88 Å². The summed E-state index contributed by atoms with van der Waals surface area (Å²) >= 11 is 0.845. The van der Waals surface area contributed by atoms with Crippen LogP contribution in [0, 0.1) is 0 Å². The van der Waals surface area contributed by atoms with Gasteiger partial charge in [0.15, 0.2) is 0 Å². The highest BCUT2D eigenvalue weighted by molar-refractivity contribution is 8.18. The predicted octanol–water partition coefficient (Wildman–Crippen LogP) is 1.71. The lowest BCUT2D eigenvalue weighted by Crippen LogP contribution is -2.32. The van der Waals surface area contributed by atoms with Crippen molar-refractivity contribution in [2.45, 2.75) is 6.92 Å². The molecule has 0 aromatic carbocycles. The number of thioether (sulfide) groups is 1. The van der Waals surface area contributed by atoms with Crippen molar-refractivity contribution in [2.24, 2.45) is 0 Å². The summed E-state index contributed by atoms with van der Waals surface area (Å²) in [7, 11) is 0. The molecule has 0 atom stereocenters. The quantitative estimate of drug-likeness (QED) is 0.776. The molecule has 0 unspecified atom stereocenters. The zero-order valence-electron chi connectivity index (χ0n) is 9.62. The first-order valence-corrected chi connectivity index (χ1v) is 6.04. The minimum Gasteiger partial charge on any atom is -0.298 e. The third-order valence-electron chi connectivity index (χ3n) is 2.26. The van der Waals surface area contributed by atoms with E-state index >= 15 is 0 Å². The molecule has 5 nitrogen and oxygen atoms in total. The van der Waals surface area contributed by atoms with Gasteiger partial charge in [-0.2, -0.15) is 0 Å². The molecule has 0 aliphatic carbocycles. The van der Waals surface area contributed by atoms with Crippen LogP contribution >= 0.6 is 11.8 Å². The number of rotatable bonds is 3. The van der Waals surface area contributed by atoms with Gasteiger partial charge in [0.1, 0.15) is 5.78 Å². The lowest BCUT2D eigenvalue weighted by Gasteiger charge is -2.08. The van der Waals surface area contributed by atoms with Crippen LogP contribution in [0.5, 0.6) is 0 Å². The van der Waals surface area contributed by atoms with Crippen molar-refractivity contribution in [2.75, 3.05) is 6.54 Å². The summed E-state index contributed by atoms with van der Waals surface area (Å²) in [6, 6.07) is 3.47. The first-order valence-electron chi connectivity index (χ1n) is 5.23. The summed E-state index contributed by atoms with van der Waals surface area (Å²) in [5.74, 6) is -0.639. The molecule has 18 heavy (non-hydrogen) atoms. The molecule has 1 aromatic rings. The Morgan fingerprint density at radius 1 is 1.39 bits per heavy atom. The summed E-state index contributed by atoms with van der Waals surface area (Å²) in [4.78, 5) is 39.6. The average molecular weight is 262 g/mol. The van der Waals surface area contributed by atoms with Gasteiger partial charge in [-0.15, -0.1) is 0 Å². The average Bonchev–Trinajstić information content (AvgIpc) is 2.58. The monoisotopic (exact) mass is 262 g/mol. The zero-order chi connectivity index (χ0) is 13.1. The SMILES string of the molecule is CC(=O)CN1C(=O)S/C(=C\c2ccncc2)C1=O. The van der Waals surface area contributed by atoms with Crippen LogP contribution in [0.2, 0.25) is 0 Å². The number of carbonyl (C=O) groups is 3. The number of imide groups is 1. The third kappa shape index (κ3) is 2.65. The van der Waals surface area contributed by atoms with Crippen LogP contribution in [-0.4, -0.2) is 33.4 Å². The topological polar surface area (TPSA) is 67.3 Å². The molecule has 0 radical (unpaired) electrons. The molecule has 0 N–H and O–H groups in total. The van der Waals surface area contributed by atoms with Crippen LogP contribution in [-0.2, 0) is 9.59 Å². The molecule has 1 saturated heterocycles. The Kier molecular flexibility index (Phi) is 3.57. The summed E-state index contributed by atoms with van der Waals surface area (Å²) in [6.07, 6.45) is 4.82. The minimum absolute atomic E-state index is 0.168. The number of amides is 2. The maximum atomic E-state index is 11.9. The zero-order valence-corrected chi connectivity index (χ0v) is 10.4. The van der Waals surface area contributed by atoms with E-state index in [9.17, 15) is 14.4 Å². The van der Waals surface area contributed by atoms with E-state index in [1.54, 1.807) is 30.6 Å². The second-order valence-electron chi connectivity index (χ2n) is 3.75. The van der Waals surface area contributed by atoms with Crippen LogP contribution in [0.25, 0.3) is 6.08 Å². The van der Waals surface area contributed by atoms with E-state index in [4.69, 9.17) is 0 Å². The van der Waals surface area contributed by atoms with Crippen LogP contribution in [0.15, 0.2) is 29.4 Å². The van der Waals surface area contributed by atoms with Gasteiger partial charge in [-0.05, 0) is 42.5 Å². The highest BCUT2D eigenvalue weighted by Crippen LogP contribution is 2.31. The number of hydrogen-bond donors (Lipinski definition) is 0. The van der Waals surface area contributed by atoms with E-state index in [-0.39, 0.29) is 12.3 Å². The van der Waals surface area contributed by atoms with Gasteiger partial charge in [-0.1, -0.05) is 0 Å². The standard InChI is InChI=1S/C12H10N2O3S/c1-8(15)7-14-11(16)10(18-12(14)17)6-9-2-4-13-5-3-9/h2-6H,7H2,1H3/b10-6-. The molecule has 0 bridgehead atoms. The number of nitrogens with zero attached hydrogens (tertiary/aromatic N) is 2. The fourth-order valence-electron chi connectivity index (χ4n) is 1.47. The highest BCUT2D eigenvalue weighted by Gasteiger charge is 2.35. The minimum atomic E-state index is -0.419. The Morgan fingerprint density at radius 3 is 2.67 bits per heavy atom. The summed E-state index contributed by atoms with van der Waals surface area (Å²) in [6.45, 7) is 1.17. The summed E-state index contributed by atoms with van der Waals surface area (Å²) in [5, 5.41) is -0.407. The second-order valence-corrected chi connectivity index (χ2v) is 4.74. The van der Waals surface area contributed by atoms with Gasteiger partial charge in [0.05, 0.1) is 11.4 Å². The Labute approximate surface area is 108 Å². The van der Waals surface area contributed by atoms with E-state index in [1.807, 2.05) is 0 Å². The van der Waals surface area contributed by atoms with E-state index < -0.39 is 11.1 Å². The van der Waals surface area contributed by atoms with Crippen molar-refractivity contribution in [3.8, 4) is 0 Å². The maximum Gasteiger partial charge on any atom is 0.293 e. The summed E-state index contributed by atoms with van der Waals surface area (Å²) < 4.78 is 0. The molecule has 0 saturated carbocycles. The molecule has 1 fully saturated rings. The van der Waals surface area contributed by atoms with Crippen LogP contribution < -0.4 is 0 Å². The van der Waals surface area contributed by atoms with Crippen LogP contribution in [0.1, 0.15) is 12.5 Å². The molecule has 1 aromatic heterocycles. The largest absolute Gasteiger partial charge is 0.298 e. The van der Waals surface area contributed by atoms with Crippen molar-refractivity contribution in [3.63, 3.8) is 0 Å². The van der Waals surface area contributed by atoms with Gasteiger partial charge in [0, 0.05) is 12.4 Å². The highest BCUT2D eigenvalue weighted by atomic mass is 32.2. The maximum absolute atomic E-state index is 11.9. The van der Waals surface area contributed by atoms with Crippen molar-refractivity contribution >= 4 is 34.8 Å². The molecular formula is C12H10N2O3S. The molecule has 1 aliphatic heterocycles. The van der Waals surface area contributed by atoms with Gasteiger partial charge >= 0.3 is 0 Å². The normalized spacial score (nSPS) is 17.6. The Morgan fingerprint density at radius 2 is 2.06 bits per heavy atom. The second kappa shape index (κ2) is 5.14. The number of aromatic nitrogens is 1. The van der Waals surface area contributed by atoms with Gasteiger partial charge in [0.25, 0.3) is 11.1 Å². The smallest absolute Gasteiger partial charge is 0.293 e. The van der Waals surface area contributed by atoms with Crippen LogP contribution in [0.4, 0.5) is 4.79 Å². The van der Waals surface area contributed by atoms with Crippen LogP contribution in [0.3, 0.4) is 0 Å². The fourth-order valence-corrected chi connectivity index (χ4v) is 2.31. The number of Topliss-reactive ketones (excluding diaryl/α,β-unsaturated/α-hetero) is 1. The Bertz CT molecular complexity index is 540. The van der Waals surface area contributed by atoms with E-state index in [1.165, 1.54) is 6.92 Å². The number of ketones is 1. The summed E-state index contributed by atoms with van der Waals surface area (Å²) in [5.41, 5.74) is 0.790. The molecular weight excluding hydrogens is 252 g/mol. The first-order chi connectivity index (χ1) is 8.58. The molecule has 2 amide bonds. The Balaban J connectivity index is 2.23. The Hall–Kier alpha value is -1.95. The number of hydrogen-bond acceptors (Lipinski definition) is 5. The lowest BCUT2D eigenvalue weighted by atomic mass is 10.2. The molecule has 2 heterocycles. The number of pyridine rings is 1. The lowest BCUT2D eigenvalue weighted by molar-refractivity contribution is -0.127. The third-order valence-corrected chi connectivity index (χ3v) is 3.17. The molecule has 0 spiro atoms. The van der Waals surface area contributed by atoms with E-state index in [2.05, 4.69) is 4.98 Å². The van der Waals surface area contributed by atoms with Gasteiger partial charge in [-0.3, -0.25) is 24.3 Å². The molecule has 92 valence electrons. The first kappa shape index (κ1) is 12.5. The fraction of sp³-hybridized carbons (Fsp3) is 0.167. The van der Waals surface area contributed by atoms with Crippen molar-refractivity contribution < 1.29 is 14.4 Å². The van der Waals surface area contributed by atoms with Gasteiger partial charge in [0.2, 0.25) is 0 Å². The van der Waals surface area contributed by atoms with Crippen molar-refractivity contribution in [3.05, 3.63) is 35.0 Å². The van der Waals surface area contributed by atoms with Gasteiger partial charge in [-0.25, -0.2) is 0 Å². The van der Waals surface area contributed by atoms with Crippen molar-refractivity contribution in [1.29, 1.82) is 0 Å². The number of carbonyl (C=O) groups excluding carboxylic acids is 3.